The summed E-state index contributed by atoms with van der Waals surface area (Å²) in [6.45, 7) is 2.37. The Labute approximate surface area is 140 Å². The van der Waals surface area contributed by atoms with Crippen LogP contribution < -0.4 is 10.1 Å². The van der Waals surface area contributed by atoms with Gasteiger partial charge in [-0.1, -0.05) is 48.5 Å². The normalized spacial score (nSPS) is 10.2. The van der Waals surface area contributed by atoms with Crippen LogP contribution in [-0.4, -0.2) is 22.7 Å². The van der Waals surface area contributed by atoms with E-state index in [4.69, 9.17) is 4.74 Å². The second-order valence-electron chi connectivity index (χ2n) is 5.06. The highest BCUT2D eigenvalue weighted by atomic mass is 16.5. The predicted molar refractivity (Wildman–Crippen MR) is 93.0 cm³/mol. The summed E-state index contributed by atoms with van der Waals surface area (Å²) in [5.74, 6) is 0.0904. The molecule has 2 aromatic carbocycles. The molecule has 0 radical (unpaired) electrons. The molecule has 0 aliphatic carbocycles. The molecule has 1 aromatic heterocycles. The van der Waals surface area contributed by atoms with Gasteiger partial charge < -0.3 is 10.1 Å². The molecule has 0 spiro atoms. The van der Waals surface area contributed by atoms with Gasteiger partial charge in [-0.2, -0.15) is 0 Å². The minimum atomic E-state index is -0.311. The number of anilines is 1. The smallest absolute Gasteiger partial charge is 0.276 e. The lowest BCUT2D eigenvalue weighted by Crippen LogP contribution is -2.15. The third-order valence-electron chi connectivity index (χ3n) is 3.42. The maximum Gasteiger partial charge on any atom is 0.276 e. The van der Waals surface area contributed by atoms with Crippen LogP contribution in [0.25, 0.3) is 11.1 Å². The fraction of sp³-hybridized carbons (Fsp3) is 0.105. The first kappa shape index (κ1) is 15.7. The van der Waals surface area contributed by atoms with E-state index < -0.39 is 0 Å². The van der Waals surface area contributed by atoms with Crippen LogP contribution in [0, 0.1) is 0 Å². The van der Waals surface area contributed by atoms with Gasteiger partial charge in [0.15, 0.2) is 5.69 Å². The lowest BCUT2D eigenvalue weighted by molar-refractivity contribution is 0.102. The van der Waals surface area contributed by atoms with Crippen molar-refractivity contribution in [2.24, 2.45) is 0 Å². The number of hydrogen-bond donors (Lipinski definition) is 1. The average molecular weight is 319 g/mol. The van der Waals surface area contributed by atoms with Gasteiger partial charge in [0.2, 0.25) is 5.88 Å². The minimum Gasteiger partial charge on any atom is -0.477 e. The van der Waals surface area contributed by atoms with Gasteiger partial charge in [-0.25, -0.2) is 0 Å². The van der Waals surface area contributed by atoms with Gasteiger partial charge in [-0.3, -0.25) is 4.79 Å². The van der Waals surface area contributed by atoms with E-state index in [0.29, 0.717) is 12.5 Å². The van der Waals surface area contributed by atoms with E-state index in [2.05, 4.69) is 15.5 Å². The fourth-order valence-corrected chi connectivity index (χ4v) is 2.31. The van der Waals surface area contributed by atoms with Crippen molar-refractivity contribution in [2.45, 2.75) is 6.92 Å². The zero-order chi connectivity index (χ0) is 16.8. The highest BCUT2D eigenvalue weighted by molar-refractivity contribution is 6.05. The third-order valence-corrected chi connectivity index (χ3v) is 3.42. The van der Waals surface area contributed by atoms with E-state index in [-0.39, 0.29) is 11.6 Å². The maximum atomic E-state index is 12.4. The van der Waals surface area contributed by atoms with Crippen molar-refractivity contribution in [3.05, 3.63) is 72.4 Å². The molecule has 24 heavy (non-hydrogen) atoms. The Kier molecular flexibility index (Phi) is 4.81. The first-order valence-electron chi connectivity index (χ1n) is 7.70. The number of benzene rings is 2. The number of nitrogens with zero attached hydrogens (tertiary/aromatic N) is 2. The van der Waals surface area contributed by atoms with E-state index >= 15 is 0 Å². The zero-order valence-corrected chi connectivity index (χ0v) is 13.3. The summed E-state index contributed by atoms with van der Waals surface area (Å²) < 4.78 is 5.23. The van der Waals surface area contributed by atoms with Gasteiger partial charge in [-0.15, -0.1) is 10.2 Å². The van der Waals surface area contributed by atoms with Crippen molar-refractivity contribution < 1.29 is 9.53 Å². The van der Waals surface area contributed by atoms with Crippen molar-refractivity contribution >= 4 is 11.6 Å². The first-order chi connectivity index (χ1) is 11.8. The number of carbonyl (C=O) groups is 1. The quantitative estimate of drug-likeness (QED) is 0.777. The maximum absolute atomic E-state index is 12.4. The molecule has 1 N–H and O–H groups in total. The molecule has 1 heterocycles. The van der Waals surface area contributed by atoms with Gasteiger partial charge in [-0.05, 0) is 24.6 Å². The summed E-state index contributed by atoms with van der Waals surface area (Å²) in [5, 5.41) is 10.7. The first-order valence-corrected chi connectivity index (χ1v) is 7.70. The molecular formula is C19H17N3O2. The van der Waals surface area contributed by atoms with Crippen molar-refractivity contribution in [1.82, 2.24) is 10.2 Å². The summed E-state index contributed by atoms with van der Waals surface area (Å²) in [7, 11) is 0. The highest BCUT2D eigenvalue weighted by Gasteiger charge is 2.12. The molecule has 0 atom stereocenters. The van der Waals surface area contributed by atoms with Crippen LogP contribution in [0.15, 0.2) is 66.7 Å². The monoisotopic (exact) mass is 319 g/mol. The van der Waals surface area contributed by atoms with E-state index in [1.807, 2.05) is 61.5 Å². The van der Waals surface area contributed by atoms with Crippen molar-refractivity contribution in [3.63, 3.8) is 0 Å². The Morgan fingerprint density at radius 2 is 1.71 bits per heavy atom. The highest BCUT2D eigenvalue weighted by Crippen LogP contribution is 2.27. The second kappa shape index (κ2) is 7.37. The second-order valence-corrected chi connectivity index (χ2v) is 5.06. The Balaban J connectivity index is 1.82. The average Bonchev–Trinajstić information content (AvgIpc) is 2.64. The molecule has 1 amide bonds. The molecule has 0 bridgehead atoms. The number of para-hydroxylation sites is 1. The number of amides is 1. The minimum absolute atomic E-state index is 0.237. The van der Waals surface area contributed by atoms with Crippen LogP contribution in [0.2, 0.25) is 0 Å². The number of hydrogen-bond acceptors (Lipinski definition) is 4. The molecular weight excluding hydrogens is 302 g/mol. The van der Waals surface area contributed by atoms with E-state index in [1.165, 1.54) is 0 Å². The molecule has 0 saturated heterocycles. The molecule has 0 saturated carbocycles. The number of rotatable bonds is 5. The lowest BCUT2D eigenvalue weighted by atomic mass is 10.0. The topological polar surface area (TPSA) is 64.1 Å². The summed E-state index contributed by atoms with van der Waals surface area (Å²) in [6, 6.07) is 20.8. The molecule has 3 aromatic rings. The fourth-order valence-electron chi connectivity index (χ4n) is 2.31. The lowest BCUT2D eigenvalue weighted by Gasteiger charge is -2.11. The van der Waals surface area contributed by atoms with Gasteiger partial charge in [0, 0.05) is 17.3 Å². The molecule has 0 aliphatic heterocycles. The van der Waals surface area contributed by atoms with Crippen LogP contribution in [0.4, 0.5) is 5.69 Å². The number of ether oxygens (including phenoxy) is 1. The van der Waals surface area contributed by atoms with Gasteiger partial charge in [0.1, 0.15) is 0 Å². The van der Waals surface area contributed by atoms with Crippen molar-refractivity contribution in [1.29, 1.82) is 0 Å². The van der Waals surface area contributed by atoms with Crippen LogP contribution in [0.5, 0.6) is 5.88 Å². The number of carbonyl (C=O) groups excluding carboxylic acids is 1. The molecule has 3 rings (SSSR count). The Bertz CT molecular complexity index is 818. The summed E-state index contributed by atoms with van der Waals surface area (Å²) in [5.41, 5.74) is 2.95. The molecule has 5 nitrogen and oxygen atoms in total. The van der Waals surface area contributed by atoms with Crippen molar-refractivity contribution in [2.75, 3.05) is 11.9 Å². The number of nitrogens with one attached hydrogen (secondary N) is 1. The van der Waals surface area contributed by atoms with E-state index in [1.54, 1.807) is 12.1 Å². The standard InChI is InChI=1S/C19H17N3O2/c1-2-24-18-13-12-17(21-22-18)19(23)20-16-11-7-6-10-15(16)14-8-4-3-5-9-14/h3-13H,2H2,1H3,(H,20,23). The van der Waals surface area contributed by atoms with E-state index in [0.717, 1.165) is 16.8 Å². The van der Waals surface area contributed by atoms with Gasteiger partial charge in [0.05, 0.1) is 6.61 Å². The molecule has 120 valence electrons. The Morgan fingerprint density at radius 1 is 0.958 bits per heavy atom. The summed E-state index contributed by atoms with van der Waals surface area (Å²) >= 11 is 0. The molecule has 0 fully saturated rings. The van der Waals surface area contributed by atoms with Crippen LogP contribution in [-0.2, 0) is 0 Å². The van der Waals surface area contributed by atoms with Gasteiger partial charge >= 0.3 is 0 Å². The largest absolute Gasteiger partial charge is 0.477 e. The molecule has 0 aliphatic rings. The predicted octanol–water partition coefficient (Wildman–Crippen LogP) is 3.79. The van der Waals surface area contributed by atoms with Gasteiger partial charge in [0.25, 0.3) is 5.91 Å². The molecule has 5 heteroatoms. The summed E-state index contributed by atoms with van der Waals surface area (Å²) in [4.78, 5) is 12.4. The van der Waals surface area contributed by atoms with Crippen LogP contribution in [0.3, 0.4) is 0 Å². The van der Waals surface area contributed by atoms with Crippen LogP contribution >= 0.6 is 0 Å². The van der Waals surface area contributed by atoms with Crippen molar-refractivity contribution in [3.8, 4) is 17.0 Å². The van der Waals surface area contributed by atoms with Crippen LogP contribution in [0.1, 0.15) is 17.4 Å². The third kappa shape index (κ3) is 3.57. The summed E-state index contributed by atoms with van der Waals surface area (Å²) in [6.07, 6.45) is 0. The molecule has 0 unspecified atom stereocenters. The SMILES string of the molecule is CCOc1ccc(C(=O)Nc2ccccc2-c2ccccc2)nn1. The Morgan fingerprint density at radius 3 is 2.42 bits per heavy atom. The number of aromatic nitrogens is 2. The zero-order valence-electron chi connectivity index (χ0n) is 13.3. The Hall–Kier alpha value is -3.21. The van der Waals surface area contributed by atoms with E-state index in [9.17, 15) is 4.79 Å².